The first-order valence-corrected chi connectivity index (χ1v) is 3.26. The summed E-state index contributed by atoms with van der Waals surface area (Å²) in [5.74, 6) is -0.690. The molecule has 0 saturated carbocycles. The summed E-state index contributed by atoms with van der Waals surface area (Å²) < 4.78 is 9.14. The second kappa shape index (κ2) is 15.6. The zero-order valence-corrected chi connectivity index (χ0v) is 6.92. The maximum Gasteiger partial charge on any atom is 0.332 e. The van der Waals surface area contributed by atoms with E-state index in [0.717, 1.165) is 0 Å². The highest BCUT2D eigenvalue weighted by molar-refractivity contribution is 5.83. The molecule has 0 aromatic rings. The van der Waals surface area contributed by atoms with E-state index in [0.29, 0.717) is 0 Å². The van der Waals surface area contributed by atoms with Gasteiger partial charge in [0.05, 0.1) is 0 Å². The monoisotopic (exact) mass is 224 g/mol. The van der Waals surface area contributed by atoms with Crippen molar-refractivity contribution >= 4 is 11.8 Å². The molecule has 0 saturated heterocycles. The molecule has 4 nitrogen and oxygen atoms in total. The van der Waals surface area contributed by atoms with Crippen LogP contribution in [0.25, 0.3) is 0 Å². The van der Waals surface area contributed by atoms with Gasteiger partial charge >= 0.3 is 5.97 Å². The second-order valence-electron chi connectivity index (χ2n) is 2.18. The molecule has 0 amide bonds. The summed E-state index contributed by atoms with van der Waals surface area (Å²) in [6.45, 7) is 2.78. The van der Waals surface area contributed by atoms with Crippen LogP contribution >= 0.6 is 0 Å². The minimum Gasteiger partial charge on any atom is -0.453 e. The molecule has 0 aliphatic carbocycles. The molecule has 4 heteroatoms. The van der Waals surface area contributed by atoms with E-state index in [-0.39, 0.29) is 42.1 Å². The van der Waals surface area contributed by atoms with E-state index in [1.807, 2.05) is 0 Å². The van der Waals surface area contributed by atoms with E-state index in [1.165, 1.54) is 21.0 Å². The minimum atomic E-state index is -0.669. The largest absolute Gasteiger partial charge is 0.453 e. The molecule has 15 heavy (non-hydrogen) atoms. The molecule has 0 aromatic heterocycles. The van der Waals surface area contributed by atoms with Gasteiger partial charge in [-0.2, -0.15) is 0 Å². The summed E-state index contributed by atoms with van der Waals surface area (Å²) in [5.41, 5.74) is 0. The van der Waals surface area contributed by atoms with Crippen molar-refractivity contribution in [1.29, 1.82) is 0 Å². The Labute approximate surface area is 95.0 Å². The number of hydrogen-bond acceptors (Lipinski definition) is 4. The minimum absolute atomic E-state index is 0. The number of ketones is 1. The maximum absolute atomic E-state index is 10.7. The fourth-order valence-corrected chi connectivity index (χ4v) is 0.432. The number of Topliss-reactive ketones (excluding diaryl/α,β-unsaturated/α-hetero) is 1. The summed E-state index contributed by atoms with van der Waals surface area (Å²) in [6, 6.07) is 0. The Kier molecular flexibility index (Phi) is 30.3. The zero-order valence-electron chi connectivity index (χ0n) is 6.92. The Morgan fingerprint density at radius 1 is 1.13 bits per heavy atom. The van der Waals surface area contributed by atoms with E-state index in [4.69, 9.17) is 0 Å². The fraction of sp³-hybridized carbons (Fsp3) is 0.818. The van der Waals surface area contributed by atoms with Crippen LogP contribution in [0, 0.1) is 0 Å². The molecule has 0 rings (SSSR count). The first-order valence-electron chi connectivity index (χ1n) is 3.26. The molecule has 0 aliphatic rings. The summed E-state index contributed by atoms with van der Waals surface area (Å²) >= 11 is 0. The Balaban J connectivity index is -0.0000000833. The maximum atomic E-state index is 10.7. The molecule has 0 aliphatic heterocycles. The Hall–Kier alpha value is -0.900. The molecule has 0 spiro atoms. The van der Waals surface area contributed by atoms with E-state index < -0.39 is 12.1 Å². The van der Waals surface area contributed by atoms with Gasteiger partial charge in [-0.05, 0) is 13.8 Å². The molecule has 0 N–H and O–H groups in total. The van der Waals surface area contributed by atoms with Gasteiger partial charge in [-0.15, -0.1) is 0 Å². The molecule has 0 heterocycles. The van der Waals surface area contributed by atoms with Crippen molar-refractivity contribution in [3.63, 3.8) is 0 Å². The lowest BCUT2D eigenvalue weighted by Crippen LogP contribution is -2.24. The Morgan fingerprint density at radius 2 is 1.53 bits per heavy atom. The Bertz CT molecular complexity index is 155. The van der Waals surface area contributed by atoms with Gasteiger partial charge < -0.3 is 9.47 Å². The number of methoxy groups -OCH3 is 1. The lowest BCUT2D eigenvalue weighted by Gasteiger charge is -2.08. The quantitative estimate of drug-likeness (QED) is 0.689. The first-order chi connectivity index (χ1) is 5.07. The van der Waals surface area contributed by atoms with E-state index in [2.05, 4.69) is 9.47 Å². The van der Waals surface area contributed by atoms with Gasteiger partial charge in [0.2, 0.25) is 0 Å². The third kappa shape index (κ3) is 15.8. The van der Waals surface area contributed by atoms with Crippen molar-refractivity contribution in [3.05, 3.63) is 0 Å². The predicted octanol–water partition coefficient (Wildman–Crippen LogP) is 2.70. The normalized spacial score (nSPS) is 9.00. The van der Waals surface area contributed by atoms with Gasteiger partial charge in [-0.25, -0.2) is 4.79 Å². The van der Waals surface area contributed by atoms with Gasteiger partial charge in [0, 0.05) is 7.11 Å². The molecule has 0 fully saturated rings. The van der Waals surface area contributed by atoms with E-state index in [1.54, 1.807) is 0 Å². The highest BCUT2D eigenvalue weighted by Gasteiger charge is 2.12. The van der Waals surface area contributed by atoms with Crippen molar-refractivity contribution in [1.82, 2.24) is 0 Å². The lowest BCUT2D eigenvalue weighted by molar-refractivity contribution is -0.156. The molecule has 96 valence electrons. The van der Waals surface area contributed by atoms with Gasteiger partial charge in [0.1, 0.15) is 6.61 Å². The number of hydrogen-bond donors (Lipinski definition) is 0. The SMILES string of the molecule is C.C.C.C.COCC(=O)OC(C)C(C)=O. The number of carbonyl (C=O) groups excluding carboxylic acids is 2. The highest BCUT2D eigenvalue weighted by atomic mass is 16.6. The van der Waals surface area contributed by atoms with Crippen molar-refractivity contribution < 1.29 is 19.1 Å². The van der Waals surface area contributed by atoms with Crippen molar-refractivity contribution in [3.8, 4) is 0 Å². The van der Waals surface area contributed by atoms with Crippen LogP contribution in [-0.2, 0) is 19.1 Å². The first kappa shape index (κ1) is 29.2. The van der Waals surface area contributed by atoms with Gasteiger partial charge in [-0.1, -0.05) is 29.7 Å². The third-order valence-corrected chi connectivity index (χ3v) is 1.14. The number of carbonyl (C=O) groups is 2. The molecular weight excluding hydrogens is 196 g/mol. The van der Waals surface area contributed by atoms with E-state index in [9.17, 15) is 9.59 Å². The van der Waals surface area contributed by atoms with Crippen molar-refractivity contribution in [2.75, 3.05) is 13.7 Å². The van der Waals surface area contributed by atoms with Crippen molar-refractivity contribution in [2.45, 2.75) is 49.7 Å². The number of ether oxygens (including phenoxy) is 2. The zero-order chi connectivity index (χ0) is 8.85. The van der Waals surface area contributed by atoms with Gasteiger partial charge in [0.15, 0.2) is 11.9 Å². The van der Waals surface area contributed by atoms with Crippen LogP contribution in [0.2, 0.25) is 0 Å². The summed E-state index contributed by atoms with van der Waals surface area (Å²) in [5, 5.41) is 0. The predicted molar refractivity (Wildman–Crippen MR) is 65.0 cm³/mol. The molecule has 0 aromatic carbocycles. The number of rotatable bonds is 4. The molecular formula is C11H28O4. The van der Waals surface area contributed by atoms with Crippen LogP contribution in [0.15, 0.2) is 0 Å². The Morgan fingerprint density at radius 3 is 1.80 bits per heavy atom. The van der Waals surface area contributed by atoms with Crippen LogP contribution in [0.5, 0.6) is 0 Å². The molecule has 0 radical (unpaired) electrons. The van der Waals surface area contributed by atoms with Crippen LogP contribution in [0.1, 0.15) is 43.6 Å². The second-order valence-corrected chi connectivity index (χ2v) is 2.18. The smallest absolute Gasteiger partial charge is 0.332 e. The average molecular weight is 224 g/mol. The van der Waals surface area contributed by atoms with Crippen LogP contribution in [-0.4, -0.2) is 31.6 Å². The summed E-state index contributed by atoms with van der Waals surface area (Å²) in [7, 11) is 1.39. The molecule has 1 unspecified atom stereocenters. The highest BCUT2D eigenvalue weighted by Crippen LogP contribution is 1.92. The summed E-state index contributed by atoms with van der Waals surface area (Å²) in [4.78, 5) is 21.2. The lowest BCUT2D eigenvalue weighted by atomic mass is 10.3. The topological polar surface area (TPSA) is 52.6 Å². The van der Waals surface area contributed by atoms with Gasteiger partial charge in [0.25, 0.3) is 0 Å². The van der Waals surface area contributed by atoms with Crippen LogP contribution in [0.4, 0.5) is 0 Å². The molecule has 0 bridgehead atoms. The number of esters is 1. The van der Waals surface area contributed by atoms with Crippen LogP contribution in [0.3, 0.4) is 0 Å². The van der Waals surface area contributed by atoms with Gasteiger partial charge in [-0.3, -0.25) is 4.79 Å². The third-order valence-electron chi connectivity index (χ3n) is 1.14. The van der Waals surface area contributed by atoms with Crippen molar-refractivity contribution in [2.24, 2.45) is 0 Å². The fourth-order valence-electron chi connectivity index (χ4n) is 0.432. The average Bonchev–Trinajstić information content (AvgIpc) is 1.87. The molecule has 1 atom stereocenters. The van der Waals surface area contributed by atoms with Crippen LogP contribution < -0.4 is 0 Å². The standard InChI is InChI=1S/C7H12O4.4CH4/c1-5(8)6(2)11-7(9)4-10-3;;;;/h6H,4H2,1-3H3;4*1H4. The van der Waals surface area contributed by atoms with E-state index >= 15 is 0 Å². The summed E-state index contributed by atoms with van der Waals surface area (Å²) in [6.07, 6.45) is -0.669.